The normalized spacial score (nSPS) is 16.7. The molecule has 1 fully saturated rings. The fourth-order valence-corrected chi connectivity index (χ4v) is 4.51. The summed E-state index contributed by atoms with van der Waals surface area (Å²) < 4.78 is 16.4. The summed E-state index contributed by atoms with van der Waals surface area (Å²) in [5.41, 5.74) is 1.96. The Morgan fingerprint density at radius 2 is 1.78 bits per heavy atom. The van der Waals surface area contributed by atoms with Crippen LogP contribution in [-0.4, -0.2) is 49.1 Å². The monoisotopic (exact) mass is 521 g/mol. The first-order chi connectivity index (χ1) is 17.9. The van der Waals surface area contributed by atoms with Crippen LogP contribution in [0.5, 0.6) is 11.5 Å². The summed E-state index contributed by atoms with van der Waals surface area (Å²) in [7, 11) is 3.04. The first-order valence-electron chi connectivity index (χ1n) is 11.8. The van der Waals surface area contributed by atoms with Crippen molar-refractivity contribution in [3.63, 3.8) is 0 Å². The molecule has 1 saturated heterocycles. The molecule has 8 heteroatoms. The number of halogens is 1. The lowest BCUT2D eigenvalue weighted by molar-refractivity contribution is -0.140. The maximum absolute atomic E-state index is 13.2. The molecule has 1 heterocycles. The van der Waals surface area contributed by atoms with Crippen LogP contribution in [0.1, 0.15) is 29.2 Å². The zero-order valence-corrected chi connectivity index (χ0v) is 21.4. The van der Waals surface area contributed by atoms with Gasteiger partial charge in [0.05, 0.1) is 23.7 Å². The van der Waals surface area contributed by atoms with E-state index in [1.807, 2.05) is 42.5 Å². The molecule has 1 atom stereocenters. The quantitative estimate of drug-likeness (QED) is 0.167. The van der Waals surface area contributed by atoms with Crippen molar-refractivity contribution in [3.8, 4) is 11.5 Å². The first-order valence-corrected chi connectivity index (χ1v) is 12.2. The highest BCUT2D eigenvalue weighted by Crippen LogP contribution is 2.41. The number of hydrogen-bond acceptors (Lipinski definition) is 6. The number of aliphatic hydroxyl groups excluding tert-OH is 1. The molecular formula is C29H28ClNO6. The summed E-state index contributed by atoms with van der Waals surface area (Å²) in [6, 6.07) is 20.8. The summed E-state index contributed by atoms with van der Waals surface area (Å²) in [5.74, 6) is -0.823. The number of ketones is 1. The molecule has 0 saturated carbocycles. The third-order valence-corrected chi connectivity index (χ3v) is 6.45. The molecular weight excluding hydrogens is 494 g/mol. The van der Waals surface area contributed by atoms with E-state index in [9.17, 15) is 14.7 Å². The van der Waals surface area contributed by atoms with Crippen molar-refractivity contribution < 1.29 is 28.9 Å². The number of amides is 1. The first kappa shape index (κ1) is 26.3. The number of aliphatic hydroxyl groups is 1. The molecule has 0 radical (unpaired) electrons. The van der Waals surface area contributed by atoms with Gasteiger partial charge >= 0.3 is 0 Å². The Hall–Kier alpha value is -3.81. The second kappa shape index (κ2) is 12.0. The molecule has 1 aliphatic heterocycles. The summed E-state index contributed by atoms with van der Waals surface area (Å²) in [6.45, 7) is 1.06. The molecule has 0 bridgehead atoms. The minimum atomic E-state index is -0.807. The Balaban J connectivity index is 1.75. The van der Waals surface area contributed by atoms with E-state index >= 15 is 0 Å². The third kappa shape index (κ3) is 5.79. The molecule has 0 spiro atoms. The minimum Gasteiger partial charge on any atom is -0.507 e. The molecule has 0 aromatic heterocycles. The number of carbonyl (C=O) groups excluding carboxylic acids is 2. The Bertz CT molecular complexity index is 1310. The molecule has 1 unspecified atom stereocenters. The summed E-state index contributed by atoms with van der Waals surface area (Å²) in [5, 5.41) is 11.6. The second-order valence-corrected chi connectivity index (χ2v) is 8.94. The highest BCUT2D eigenvalue weighted by atomic mass is 35.5. The molecule has 4 rings (SSSR count). The van der Waals surface area contributed by atoms with Crippen LogP contribution < -0.4 is 9.47 Å². The van der Waals surface area contributed by atoms with Gasteiger partial charge in [0.25, 0.3) is 11.7 Å². The Labute approximate surface area is 220 Å². The van der Waals surface area contributed by atoms with Crippen molar-refractivity contribution in [2.24, 2.45) is 0 Å². The number of methoxy groups -OCH3 is 2. The Morgan fingerprint density at radius 1 is 1.00 bits per heavy atom. The van der Waals surface area contributed by atoms with Gasteiger partial charge in [0.15, 0.2) is 0 Å². The summed E-state index contributed by atoms with van der Waals surface area (Å²) in [4.78, 5) is 27.8. The SMILES string of the molecule is COCCCN1C(=O)C(=O)/C(=C(\O)c2ccc(Cl)c(OC)c2)C1c1cccc(OCc2ccccc2)c1. The second-order valence-electron chi connectivity index (χ2n) is 8.53. The minimum absolute atomic E-state index is 0.00741. The van der Waals surface area contributed by atoms with Crippen molar-refractivity contribution in [1.29, 1.82) is 0 Å². The standard InChI is InChI=1S/C29H28ClNO6/c1-35-15-7-14-31-26(20-10-6-11-22(16-20)37-18-19-8-4-3-5-9-19)25(28(33)29(31)34)27(32)21-12-13-23(30)24(17-21)36-2/h3-6,8-13,16-17,26,32H,7,14-15,18H2,1-2H3/b27-25-. The Kier molecular flexibility index (Phi) is 8.48. The van der Waals surface area contributed by atoms with E-state index in [0.29, 0.717) is 47.3 Å². The van der Waals surface area contributed by atoms with E-state index in [1.54, 1.807) is 31.4 Å². The molecule has 0 aliphatic carbocycles. The number of likely N-dealkylation sites (tertiary alicyclic amines) is 1. The molecule has 1 N–H and O–H groups in total. The largest absolute Gasteiger partial charge is 0.507 e. The van der Waals surface area contributed by atoms with Crippen molar-refractivity contribution in [1.82, 2.24) is 4.90 Å². The average molecular weight is 522 g/mol. The molecule has 37 heavy (non-hydrogen) atoms. The van der Waals surface area contributed by atoms with E-state index in [4.69, 9.17) is 25.8 Å². The summed E-state index contributed by atoms with van der Waals surface area (Å²) in [6.07, 6.45) is 0.527. The molecule has 7 nitrogen and oxygen atoms in total. The highest BCUT2D eigenvalue weighted by Gasteiger charge is 2.46. The van der Waals surface area contributed by atoms with Crippen LogP contribution in [-0.2, 0) is 20.9 Å². The van der Waals surface area contributed by atoms with Gasteiger partial charge in [-0.05, 0) is 47.9 Å². The topological polar surface area (TPSA) is 85.3 Å². The lowest BCUT2D eigenvalue weighted by atomic mass is 9.95. The lowest BCUT2D eigenvalue weighted by Crippen LogP contribution is -2.31. The summed E-state index contributed by atoms with van der Waals surface area (Å²) >= 11 is 6.14. The predicted octanol–water partition coefficient (Wildman–Crippen LogP) is 5.39. The van der Waals surface area contributed by atoms with Gasteiger partial charge in [-0.1, -0.05) is 54.1 Å². The van der Waals surface area contributed by atoms with Crippen LogP contribution in [0.3, 0.4) is 0 Å². The predicted molar refractivity (Wildman–Crippen MR) is 141 cm³/mol. The lowest BCUT2D eigenvalue weighted by Gasteiger charge is -2.25. The van der Waals surface area contributed by atoms with Crippen molar-refractivity contribution in [2.45, 2.75) is 19.1 Å². The van der Waals surface area contributed by atoms with E-state index in [-0.39, 0.29) is 17.9 Å². The number of ether oxygens (including phenoxy) is 3. The van der Waals surface area contributed by atoms with Gasteiger partial charge in [-0.15, -0.1) is 0 Å². The molecule has 192 valence electrons. The Morgan fingerprint density at radius 3 is 2.51 bits per heavy atom. The van der Waals surface area contributed by atoms with Crippen molar-refractivity contribution >= 4 is 29.1 Å². The molecule has 1 aliphatic rings. The maximum atomic E-state index is 13.2. The van der Waals surface area contributed by atoms with E-state index in [0.717, 1.165) is 5.56 Å². The highest BCUT2D eigenvalue weighted by molar-refractivity contribution is 6.46. The number of Topliss-reactive ketones (excluding diaryl/α,β-unsaturated/α-hetero) is 1. The van der Waals surface area contributed by atoms with Crippen molar-refractivity contribution in [3.05, 3.63) is 100 Å². The van der Waals surface area contributed by atoms with Crippen LogP contribution in [0.25, 0.3) is 5.76 Å². The van der Waals surface area contributed by atoms with Crippen molar-refractivity contribution in [2.75, 3.05) is 27.4 Å². The number of nitrogens with zero attached hydrogens (tertiary/aromatic N) is 1. The van der Waals surface area contributed by atoms with E-state index in [1.165, 1.54) is 18.1 Å². The molecule has 3 aromatic rings. The number of rotatable bonds is 10. The van der Waals surface area contributed by atoms with Gasteiger partial charge in [-0.2, -0.15) is 0 Å². The average Bonchev–Trinajstić information content (AvgIpc) is 3.18. The number of benzene rings is 3. The molecule has 3 aromatic carbocycles. The van der Waals surface area contributed by atoms with Crippen LogP contribution in [0, 0.1) is 0 Å². The number of carbonyl (C=O) groups is 2. The van der Waals surface area contributed by atoms with Gasteiger partial charge in [0.2, 0.25) is 0 Å². The fraction of sp³-hybridized carbons (Fsp3) is 0.241. The van der Waals surface area contributed by atoms with Crippen LogP contribution in [0.2, 0.25) is 5.02 Å². The van der Waals surface area contributed by atoms with E-state index in [2.05, 4.69) is 0 Å². The number of hydrogen-bond donors (Lipinski definition) is 1. The van der Waals surface area contributed by atoms with Crippen LogP contribution >= 0.6 is 11.6 Å². The van der Waals surface area contributed by atoms with E-state index < -0.39 is 17.7 Å². The van der Waals surface area contributed by atoms with Gasteiger partial charge in [-0.3, -0.25) is 9.59 Å². The third-order valence-electron chi connectivity index (χ3n) is 6.13. The van der Waals surface area contributed by atoms with Gasteiger partial charge in [0, 0.05) is 25.8 Å². The maximum Gasteiger partial charge on any atom is 0.295 e. The zero-order valence-electron chi connectivity index (χ0n) is 20.6. The fourth-order valence-electron chi connectivity index (χ4n) is 4.31. The molecule has 1 amide bonds. The smallest absolute Gasteiger partial charge is 0.295 e. The van der Waals surface area contributed by atoms with Gasteiger partial charge < -0.3 is 24.2 Å². The van der Waals surface area contributed by atoms with Crippen LogP contribution in [0.15, 0.2) is 78.4 Å². The van der Waals surface area contributed by atoms with Gasteiger partial charge in [-0.25, -0.2) is 0 Å². The van der Waals surface area contributed by atoms with Crippen LogP contribution in [0.4, 0.5) is 0 Å². The van der Waals surface area contributed by atoms with Gasteiger partial charge in [0.1, 0.15) is 23.9 Å². The zero-order chi connectivity index (χ0) is 26.4.